The third-order valence-corrected chi connectivity index (χ3v) is 8.42. The Morgan fingerprint density at radius 1 is 0.850 bits per heavy atom. The van der Waals surface area contributed by atoms with Crippen LogP contribution in [0.4, 0.5) is 0 Å². The quantitative estimate of drug-likeness (QED) is 0.675. The Morgan fingerprint density at radius 2 is 1.70 bits per heavy atom. The van der Waals surface area contributed by atoms with Crippen molar-refractivity contribution in [3.05, 3.63) is 0 Å². The largest absolute Gasteiger partial charge is 0.393 e. The highest BCUT2D eigenvalue weighted by molar-refractivity contribution is 5.07. The van der Waals surface area contributed by atoms with E-state index in [1.807, 2.05) is 0 Å². The molecule has 114 valence electrons. The lowest BCUT2D eigenvalue weighted by Gasteiger charge is -2.60. The summed E-state index contributed by atoms with van der Waals surface area (Å²) in [6.45, 7) is 5.19. The van der Waals surface area contributed by atoms with Crippen molar-refractivity contribution in [3.8, 4) is 0 Å². The van der Waals surface area contributed by atoms with Crippen LogP contribution in [0.15, 0.2) is 0 Å². The molecular formula is C19H32O. The average molecular weight is 276 g/mol. The zero-order valence-electron chi connectivity index (χ0n) is 13.4. The van der Waals surface area contributed by atoms with E-state index in [9.17, 15) is 5.11 Å². The molecule has 0 saturated heterocycles. The van der Waals surface area contributed by atoms with Gasteiger partial charge in [0.05, 0.1) is 6.10 Å². The maximum absolute atomic E-state index is 10.0. The highest BCUT2D eigenvalue weighted by Crippen LogP contribution is 2.66. The first kappa shape index (κ1) is 13.6. The minimum Gasteiger partial charge on any atom is -0.393 e. The first-order chi connectivity index (χ1) is 9.53. The summed E-state index contributed by atoms with van der Waals surface area (Å²) in [6, 6.07) is 0. The van der Waals surface area contributed by atoms with E-state index < -0.39 is 0 Å². The average Bonchev–Trinajstić information content (AvgIpc) is 2.81. The second kappa shape index (κ2) is 4.48. The molecule has 0 bridgehead atoms. The van der Waals surface area contributed by atoms with Crippen LogP contribution in [0.2, 0.25) is 0 Å². The fourth-order valence-electron chi connectivity index (χ4n) is 7.23. The van der Waals surface area contributed by atoms with Crippen LogP contribution in [0, 0.1) is 34.5 Å². The molecule has 4 aliphatic carbocycles. The van der Waals surface area contributed by atoms with Crippen LogP contribution in [0.3, 0.4) is 0 Å². The van der Waals surface area contributed by atoms with Crippen LogP contribution in [-0.2, 0) is 0 Å². The van der Waals surface area contributed by atoms with E-state index in [0.717, 1.165) is 36.5 Å². The lowest BCUT2D eigenvalue weighted by atomic mass is 9.45. The van der Waals surface area contributed by atoms with Gasteiger partial charge in [-0.3, -0.25) is 0 Å². The number of hydrogen-bond donors (Lipinski definition) is 1. The van der Waals surface area contributed by atoms with Gasteiger partial charge >= 0.3 is 0 Å². The summed E-state index contributed by atoms with van der Waals surface area (Å²) >= 11 is 0. The molecule has 0 aliphatic heterocycles. The molecule has 0 radical (unpaired) electrons. The molecular weight excluding hydrogens is 244 g/mol. The van der Waals surface area contributed by atoms with Crippen molar-refractivity contribution in [1.29, 1.82) is 0 Å². The molecule has 0 spiro atoms. The molecule has 4 rings (SSSR count). The molecule has 4 fully saturated rings. The normalized spacial score (nSPS) is 58.6. The van der Waals surface area contributed by atoms with Gasteiger partial charge in [-0.05, 0) is 92.3 Å². The first-order valence-electron chi connectivity index (χ1n) is 9.21. The highest BCUT2D eigenvalue weighted by atomic mass is 16.3. The fourth-order valence-corrected chi connectivity index (χ4v) is 7.23. The molecule has 4 aliphatic rings. The van der Waals surface area contributed by atoms with Crippen molar-refractivity contribution in [2.75, 3.05) is 0 Å². The summed E-state index contributed by atoms with van der Waals surface area (Å²) < 4.78 is 0. The van der Waals surface area contributed by atoms with E-state index in [4.69, 9.17) is 0 Å². The van der Waals surface area contributed by atoms with E-state index in [2.05, 4.69) is 13.8 Å². The molecule has 1 nitrogen and oxygen atoms in total. The lowest BCUT2D eigenvalue weighted by Crippen LogP contribution is -2.53. The molecule has 0 aromatic heterocycles. The molecule has 0 amide bonds. The zero-order valence-corrected chi connectivity index (χ0v) is 13.4. The van der Waals surface area contributed by atoms with E-state index in [-0.39, 0.29) is 6.10 Å². The van der Waals surface area contributed by atoms with Gasteiger partial charge in [-0.2, -0.15) is 0 Å². The maximum Gasteiger partial charge on any atom is 0.0543 e. The van der Waals surface area contributed by atoms with Crippen molar-refractivity contribution in [2.45, 2.75) is 84.2 Å². The lowest BCUT2D eigenvalue weighted by molar-refractivity contribution is -0.120. The van der Waals surface area contributed by atoms with Crippen LogP contribution in [-0.4, -0.2) is 11.2 Å². The molecule has 0 heterocycles. The molecule has 1 N–H and O–H groups in total. The Kier molecular flexibility index (Phi) is 3.05. The first-order valence-corrected chi connectivity index (χ1v) is 9.21. The summed E-state index contributed by atoms with van der Waals surface area (Å²) in [5.41, 5.74) is 1.25. The van der Waals surface area contributed by atoms with Crippen molar-refractivity contribution in [1.82, 2.24) is 0 Å². The van der Waals surface area contributed by atoms with Gasteiger partial charge in [-0.15, -0.1) is 0 Å². The molecule has 7 atom stereocenters. The minimum absolute atomic E-state index is 0.00459. The number of fused-ring (bicyclic) bond motifs is 5. The summed E-state index contributed by atoms with van der Waals surface area (Å²) in [6.07, 6.45) is 13.8. The van der Waals surface area contributed by atoms with Gasteiger partial charge in [0.25, 0.3) is 0 Å². The predicted octanol–water partition coefficient (Wildman–Crippen LogP) is 4.78. The molecule has 0 aromatic rings. The molecule has 20 heavy (non-hydrogen) atoms. The van der Waals surface area contributed by atoms with Gasteiger partial charge in [-0.1, -0.05) is 20.3 Å². The predicted molar refractivity (Wildman–Crippen MR) is 82.4 cm³/mol. The summed E-state index contributed by atoms with van der Waals surface area (Å²) in [4.78, 5) is 0. The molecule has 1 heteroatoms. The SMILES string of the molecule is CC12CC[C@H](O)CC1CCC1C2CC[C@]2(C)CCCC12. The highest BCUT2D eigenvalue weighted by Gasteiger charge is 2.57. The third kappa shape index (κ3) is 1.77. The zero-order chi connectivity index (χ0) is 14.0. The standard InChI is InChI=1S/C19H32O/c1-18-9-3-4-16(18)15-6-5-13-12-14(20)7-11-19(13,2)17(15)8-10-18/h13-17,20H,3-12H2,1-2H3/t13?,14-,15?,16?,17?,18-,19?/m0/s1. The number of rotatable bonds is 0. The van der Waals surface area contributed by atoms with Crippen LogP contribution in [0.25, 0.3) is 0 Å². The monoisotopic (exact) mass is 276 g/mol. The second-order valence-electron chi connectivity index (χ2n) is 9.17. The smallest absolute Gasteiger partial charge is 0.0543 e. The summed E-state index contributed by atoms with van der Waals surface area (Å²) in [5.74, 6) is 3.85. The van der Waals surface area contributed by atoms with Crippen molar-refractivity contribution >= 4 is 0 Å². The number of hydrogen-bond acceptors (Lipinski definition) is 1. The van der Waals surface area contributed by atoms with Crippen LogP contribution < -0.4 is 0 Å². The van der Waals surface area contributed by atoms with E-state index in [1.54, 1.807) is 0 Å². The van der Waals surface area contributed by atoms with Crippen molar-refractivity contribution in [3.63, 3.8) is 0 Å². The second-order valence-corrected chi connectivity index (χ2v) is 9.17. The van der Waals surface area contributed by atoms with Gasteiger partial charge in [0, 0.05) is 0 Å². The van der Waals surface area contributed by atoms with Crippen molar-refractivity contribution in [2.24, 2.45) is 34.5 Å². The minimum atomic E-state index is 0.00459. The van der Waals surface area contributed by atoms with Gasteiger partial charge in [0.1, 0.15) is 0 Å². The third-order valence-electron chi connectivity index (χ3n) is 8.42. The van der Waals surface area contributed by atoms with Gasteiger partial charge in [0.2, 0.25) is 0 Å². The van der Waals surface area contributed by atoms with E-state index in [1.165, 1.54) is 51.4 Å². The van der Waals surface area contributed by atoms with E-state index in [0.29, 0.717) is 10.8 Å². The summed E-state index contributed by atoms with van der Waals surface area (Å²) in [7, 11) is 0. The molecule has 4 saturated carbocycles. The number of aliphatic hydroxyl groups excluding tert-OH is 1. The Hall–Kier alpha value is -0.0400. The van der Waals surface area contributed by atoms with Gasteiger partial charge in [-0.25, -0.2) is 0 Å². The topological polar surface area (TPSA) is 20.2 Å². The Labute approximate surface area is 124 Å². The maximum atomic E-state index is 10.0. The van der Waals surface area contributed by atoms with E-state index >= 15 is 0 Å². The number of aliphatic hydroxyl groups is 1. The fraction of sp³-hybridized carbons (Fsp3) is 1.00. The van der Waals surface area contributed by atoms with Crippen LogP contribution in [0.1, 0.15) is 78.1 Å². The Bertz CT molecular complexity index is 391. The van der Waals surface area contributed by atoms with Crippen LogP contribution in [0.5, 0.6) is 0 Å². The molecule has 0 aromatic carbocycles. The van der Waals surface area contributed by atoms with Crippen molar-refractivity contribution < 1.29 is 5.11 Å². The summed E-state index contributed by atoms with van der Waals surface area (Å²) in [5, 5.41) is 10.0. The van der Waals surface area contributed by atoms with Gasteiger partial charge < -0.3 is 5.11 Å². The molecule has 5 unspecified atom stereocenters. The van der Waals surface area contributed by atoms with Gasteiger partial charge in [0.15, 0.2) is 0 Å². The van der Waals surface area contributed by atoms with Crippen LogP contribution >= 0.6 is 0 Å². The Morgan fingerprint density at radius 3 is 2.55 bits per heavy atom. The Balaban J connectivity index is 1.62.